The summed E-state index contributed by atoms with van der Waals surface area (Å²) in [5, 5.41) is 2.84. The molecule has 0 aliphatic rings. The number of hydrogen-bond acceptors (Lipinski definition) is 3. The number of halogens is 2. The number of carbonyl (C=O) groups excluding carboxylic acids is 2. The molecule has 1 unspecified atom stereocenters. The number of likely N-dealkylation sites (N-methyl/N-ethyl adjacent to an activating group) is 1. The molecule has 3 rings (SSSR count). The minimum atomic E-state index is -0.751. The molecule has 0 aromatic heterocycles. The quantitative estimate of drug-likeness (QED) is 0.426. The van der Waals surface area contributed by atoms with Gasteiger partial charge in [-0.05, 0) is 54.4 Å². The molecular formula is C26H26BrFN2O3. The summed E-state index contributed by atoms with van der Waals surface area (Å²) in [6, 6.07) is 21.9. The fourth-order valence-corrected chi connectivity index (χ4v) is 3.66. The molecule has 3 aromatic rings. The van der Waals surface area contributed by atoms with Crippen molar-refractivity contribution in [3.8, 4) is 5.75 Å². The van der Waals surface area contributed by atoms with Crippen molar-refractivity contribution in [1.29, 1.82) is 0 Å². The molecule has 0 fully saturated rings. The summed E-state index contributed by atoms with van der Waals surface area (Å²) in [7, 11) is 0. The van der Waals surface area contributed by atoms with Crippen molar-refractivity contribution in [2.75, 3.05) is 13.2 Å². The molecule has 0 bridgehead atoms. The Balaban J connectivity index is 1.87. The summed E-state index contributed by atoms with van der Waals surface area (Å²) in [5.74, 6) is -0.402. The number of nitrogens with one attached hydrogen (secondary N) is 1. The topological polar surface area (TPSA) is 58.6 Å². The van der Waals surface area contributed by atoms with Gasteiger partial charge in [0.05, 0.1) is 0 Å². The average Bonchev–Trinajstić information content (AvgIpc) is 2.82. The molecule has 0 spiro atoms. The van der Waals surface area contributed by atoms with Gasteiger partial charge in [-0.2, -0.15) is 0 Å². The molecule has 1 N–H and O–H groups in total. The van der Waals surface area contributed by atoms with Gasteiger partial charge in [0.25, 0.3) is 5.91 Å². The van der Waals surface area contributed by atoms with Crippen molar-refractivity contribution < 1.29 is 18.7 Å². The van der Waals surface area contributed by atoms with Crippen LogP contribution in [0.25, 0.3) is 0 Å². The van der Waals surface area contributed by atoms with E-state index in [1.165, 1.54) is 17.0 Å². The molecule has 1 atom stereocenters. The van der Waals surface area contributed by atoms with Crippen LogP contribution in [0.3, 0.4) is 0 Å². The Labute approximate surface area is 201 Å². The van der Waals surface area contributed by atoms with Gasteiger partial charge in [-0.15, -0.1) is 0 Å². The van der Waals surface area contributed by atoms with Crippen molar-refractivity contribution >= 4 is 27.7 Å². The van der Waals surface area contributed by atoms with Gasteiger partial charge in [-0.1, -0.05) is 58.4 Å². The molecule has 3 aromatic carbocycles. The Morgan fingerprint density at radius 1 is 0.970 bits per heavy atom. The van der Waals surface area contributed by atoms with Crippen LogP contribution in [0.1, 0.15) is 18.1 Å². The van der Waals surface area contributed by atoms with Gasteiger partial charge in [-0.3, -0.25) is 9.59 Å². The second-order valence-electron chi connectivity index (χ2n) is 7.49. The highest BCUT2D eigenvalue weighted by atomic mass is 79.9. The second-order valence-corrected chi connectivity index (χ2v) is 8.41. The van der Waals surface area contributed by atoms with Gasteiger partial charge in [0.1, 0.15) is 17.6 Å². The van der Waals surface area contributed by atoms with Crippen LogP contribution in [0, 0.1) is 5.82 Å². The minimum Gasteiger partial charge on any atom is -0.484 e. The first-order valence-corrected chi connectivity index (χ1v) is 11.5. The Kier molecular flexibility index (Phi) is 9.01. The first-order valence-electron chi connectivity index (χ1n) is 10.7. The predicted molar refractivity (Wildman–Crippen MR) is 129 cm³/mol. The second kappa shape index (κ2) is 12.2. The highest BCUT2D eigenvalue weighted by Gasteiger charge is 2.30. The lowest BCUT2D eigenvalue weighted by Crippen LogP contribution is -2.51. The Morgan fingerprint density at radius 2 is 1.64 bits per heavy atom. The molecule has 0 radical (unpaired) electrons. The molecular weight excluding hydrogens is 487 g/mol. The number of hydrogen-bond donors (Lipinski definition) is 1. The first kappa shape index (κ1) is 24.5. The van der Waals surface area contributed by atoms with Crippen molar-refractivity contribution in [2.45, 2.75) is 25.9 Å². The average molecular weight is 513 g/mol. The zero-order chi connectivity index (χ0) is 23.6. The number of benzene rings is 3. The van der Waals surface area contributed by atoms with Crippen LogP contribution in [-0.4, -0.2) is 35.9 Å². The van der Waals surface area contributed by atoms with E-state index in [-0.39, 0.29) is 30.8 Å². The van der Waals surface area contributed by atoms with Crippen molar-refractivity contribution in [2.24, 2.45) is 0 Å². The molecule has 0 aliphatic heterocycles. The highest BCUT2D eigenvalue weighted by Crippen LogP contribution is 2.18. The molecule has 0 aliphatic carbocycles. The summed E-state index contributed by atoms with van der Waals surface area (Å²) in [6.07, 6.45) is 0.345. The Morgan fingerprint density at radius 3 is 2.27 bits per heavy atom. The first-order chi connectivity index (χ1) is 16.0. The van der Waals surface area contributed by atoms with Gasteiger partial charge in [0.15, 0.2) is 6.61 Å². The molecule has 0 saturated heterocycles. The van der Waals surface area contributed by atoms with Crippen LogP contribution >= 0.6 is 15.9 Å². The van der Waals surface area contributed by atoms with Crippen LogP contribution in [0.15, 0.2) is 83.3 Å². The van der Waals surface area contributed by atoms with Crippen molar-refractivity contribution in [1.82, 2.24) is 10.2 Å². The number of nitrogens with zero attached hydrogens (tertiary/aromatic N) is 1. The van der Waals surface area contributed by atoms with Gasteiger partial charge in [0, 0.05) is 24.0 Å². The van der Waals surface area contributed by atoms with E-state index in [1.807, 2.05) is 49.4 Å². The molecule has 2 amide bonds. The van der Waals surface area contributed by atoms with E-state index in [9.17, 15) is 14.0 Å². The molecule has 0 heterocycles. The van der Waals surface area contributed by atoms with Crippen LogP contribution in [0.4, 0.5) is 4.39 Å². The third-order valence-corrected chi connectivity index (χ3v) is 5.59. The Hall–Kier alpha value is -3.19. The van der Waals surface area contributed by atoms with E-state index in [2.05, 4.69) is 21.2 Å². The third-order valence-electron chi connectivity index (χ3n) is 5.06. The van der Waals surface area contributed by atoms with Gasteiger partial charge in [0.2, 0.25) is 5.91 Å². The summed E-state index contributed by atoms with van der Waals surface area (Å²) < 4.78 is 20.0. The fraction of sp³-hybridized carbons (Fsp3) is 0.231. The van der Waals surface area contributed by atoms with Gasteiger partial charge < -0.3 is 15.0 Å². The van der Waals surface area contributed by atoms with E-state index in [0.717, 1.165) is 15.6 Å². The molecule has 0 saturated carbocycles. The standard InChI is InChI=1S/C26H26BrFN2O3/c1-2-29-26(32)24(16-19-6-4-3-5-7-19)30(17-20-8-12-22(28)13-9-20)25(31)18-33-23-14-10-21(27)11-15-23/h3-15,24H,2,16-18H2,1H3,(H,29,32). The van der Waals surface area contributed by atoms with E-state index in [4.69, 9.17) is 4.74 Å². The maximum Gasteiger partial charge on any atom is 0.261 e. The number of amides is 2. The van der Waals surface area contributed by atoms with E-state index in [1.54, 1.807) is 24.3 Å². The lowest BCUT2D eigenvalue weighted by molar-refractivity contribution is -0.142. The maximum atomic E-state index is 13.4. The number of rotatable bonds is 10. The third kappa shape index (κ3) is 7.43. The summed E-state index contributed by atoms with van der Waals surface area (Å²) >= 11 is 3.37. The zero-order valence-electron chi connectivity index (χ0n) is 18.3. The lowest BCUT2D eigenvalue weighted by Gasteiger charge is -2.31. The number of ether oxygens (including phenoxy) is 1. The summed E-state index contributed by atoms with van der Waals surface area (Å²) in [4.78, 5) is 27.9. The molecule has 5 nitrogen and oxygen atoms in total. The highest BCUT2D eigenvalue weighted by molar-refractivity contribution is 9.10. The monoisotopic (exact) mass is 512 g/mol. The fourth-order valence-electron chi connectivity index (χ4n) is 3.39. The van der Waals surface area contributed by atoms with Gasteiger partial charge >= 0.3 is 0 Å². The van der Waals surface area contributed by atoms with Crippen molar-refractivity contribution in [3.63, 3.8) is 0 Å². The summed E-state index contributed by atoms with van der Waals surface area (Å²) in [5.41, 5.74) is 1.65. The normalized spacial score (nSPS) is 11.5. The largest absolute Gasteiger partial charge is 0.484 e. The van der Waals surface area contributed by atoms with E-state index < -0.39 is 6.04 Å². The van der Waals surface area contributed by atoms with Gasteiger partial charge in [-0.25, -0.2) is 4.39 Å². The zero-order valence-corrected chi connectivity index (χ0v) is 19.9. The van der Waals surface area contributed by atoms with E-state index >= 15 is 0 Å². The predicted octanol–water partition coefficient (Wildman–Crippen LogP) is 4.74. The van der Waals surface area contributed by atoms with Crippen LogP contribution < -0.4 is 10.1 Å². The van der Waals surface area contributed by atoms with Crippen molar-refractivity contribution in [3.05, 3.63) is 100 Å². The Bertz CT molecular complexity index is 1040. The number of carbonyl (C=O) groups is 2. The van der Waals surface area contributed by atoms with Crippen LogP contribution in [0.2, 0.25) is 0 Å². The van der Waals surface area contributed by atoms with E-state index in [0.29, 0.717) is 18.7 Å². The lowest BCUT2D eigenvalue weighted by atomic mass is 10.0. The summed E-state index contributed by atoms with van der Waals surface area (Å²) in [6.45, 7) is 2.20. The molecule has 33 heavy (non-hydrogen) atoms. The smallest absolute Gasteiger partial charge is 0.261 e. The maximum absolute atomic E-state index is 13.4. The van der Waals surface area contributed by atoms with Crippen LogP contribution in [0.5, 0.6) is 5.75 Å². The molecule has 7 heteroatoms. The minimum absolute atomic E-state index is 0.150. The SMILES string of the molecule is CCNC(=O)C(Cc1ccccc1)N(Cc1ccc(F)cc1)C(=O)COc1ccc(Br)cc1. The molecule has 172 valence electrons. The van der Waals surface area contributed by atoms with Crippen LogP contribution in [-0.2, 0) is 22.6 Å².